The highest BCUT2D eigenvalue weighted by molar-refractivity contribution is 6.04. The Kier molecular flexibility index (Phi) is 3.64. The van der Waals surface area contributed by atoms with E-state index in [-0.39, 0.29) is 5.78 Å². The number of carbonyl (C=O) groups excluding carboxylic acids is 1. The standard InChI is InChI=1S/C11H11NO/c1-2-3-4-7-11(13)10-6-5-8-12-9-10/h2-9H,1H3/b3-2+,7-4+. The summed E-state index contributed by atoms with van der Waals surface area (Å²) in [5, 5.41) is 0. The van der Waals surface area contributed by atoms with Crippen LogP contribution in [0.15, 0.2) is 48.8 Å². The van der Waals surface area contributed by atoms with Gasteiger partial charge in [-0.05, 0) is 25.1 Å². The van der Waals surface area contributed by atoms with E-state index in [2.05, 4.69) is 4.98 Å². The summed E-state index contributed by atoms with van der Waals surface area (Å²) in [6, 6.07) is 3.49. The lowest BCUT2D eigenvalue weighted by molar-refractivity contribution is 0.104. The van der Waals surface area contributed by atoms with Crippen molar-refractivity contribution in [3.05, 3.63) is 54.4 Å². The third kappa shape index (κ3) is 3.03. The Balaban J connectivity index is 2.70. The predicted octanol–water partition coefficient (Wildman–Crippen LogP) is 2.40. The Morgan fingerprint density at radius 1 is 1.46 bits per heavy atom. The fourth-order valence-electron chi connectivity index (χ4n) is 0.859. The molecule has 2 heteroatoms. The van der Waals surface area contributed by atoms with Crippen molar-refractivity contribution in [1.29, 1.82) is 0 Å². The molecule has 13 heavy (non-hydrogen) atoms. The van der Waals surface area contributed by atoms with E-state index < -0.39 is 0 Å². The maximum absolute atomic E-state index is 11.4. The van der Waals surface area contributed by atoms with Gasteiger partial charge >= 0.3 is 0 Å². The molecule has 0 bridgehead atoms. The number of hydrogen-bond acceptors (Lipinski definition) is 2. The molecule has 0 aliphatic rings. The highest BCUT2D eigenvalue weighted by Gasteiger charge is 1.98. The van der Waals surface area contributed by atoms with E-state index in [1.807, 2.05) is 19.1 Å². The van der Waals surface area contributed by atoms with Crippen molar-refractivity contribution in [1.82, 2.24) is 4.98 Å². The van der Waals surface area contributed by atoms with Gasteiger partial charge in [0.2, 0.25) is 0 Å². The zero-order chi connectivity index (χ0) is 9.52. The molecule has 1 aromatic heterocycles. The number of ketones is 1. The first-order chi connectivity index (χ1) is 6.34. The maximum atomic E-state index is 11.4. The average Bonchev–Trinajstić information content (AvgIpc) is 2.19. The lowest BCUT2D eigenvalue weighted by atomic mass is 10.2. The fraction of sp³-hybridized carbons (Fsp3) is 0.0909. The van der Waals surface area contributed by atoms with Crippen LogP contribution in [0.3, 0.4) is 0 Å². The molecule has 0 N–H and O–H groups in total. The number of rotatable bonds is 3. The highest BCUT2D eigenvalue weighted by Crippen LogP contribution is 1.98. The van der Waals surface area contributed by atoms with Crippen LogP contribution < -0.4 is 0 Å². The van der Waals surface area contributed by atoms with Crippen molar-refractivity contribution >= 4 is 5.78 Å². The van der Waals surface area contributed by atoms with Crippen molar-refractivity contribution in [2.24, 2.45) is 0 Å². The van der Waals surface area contributed by atoms with E-state index in [1.54, 1.807) is 30.6 Å². The van der Waals surface area contributed by atoms with Gasteiger partial charge in [-0.3, -0.25) is 9.78 Å². The van der Waals surface area contributed by atoms with Gasteiger partial charge < -0.3 is 0 Å². The van der Waals surface area contributed by atoms with Crippen LogP contribution >= 0.6 is 0 Å². The van der Waals surface area contributed by atoms with E-state index in [0.717, 1.165) is 0 Å². The minimum absolute atomic E-state index is 0.0220. The van der Waals surface area contributed by atoms with E-state index in [9.17, 15) is 4.79 Å². The smallest absolute Gasteiger partial charge is 0.187 e. The zero-order valence-electron chi connectivity index (χ0n) is 7.47. The van der Waals surface area contributed by atoms with Crippen LogP contribution in [0, 0.1) is 0 Å². The molecular weight excluding hydrogens is 162 g/mol. The number of pyridine rings is 1. The number of nitrogens with zero attached hydrogens (tertiary/aromatic N) is 1. The number of hydrogen-bond donors (Lipinski definition) is 0. The Morgan fingerprint density at radius 3 is 2.92 bits per heavy atom. The third-order valence-electron chi connectivity index (χ3n) is 1.50. The van der Waals surface area contributed by atoms with Gasteiger partial charge in [0.25, 0.3) is 0 Å². The summed E-state index contributed by atoms with van der Waals surface area (Å²) < 4.78 is 0. The van der Waals surface area contributed by atoms with Crippen molar-refractivity contribution in [3.63, 3.8) is 0 Å². The van der Waals surface area contributed by atoms with Crippen molar-refractivity contribution in [2.45, 2.75) is 6.92 Å². The molecule has 0 spiro atoms. The molecule has 1 rings (SSSR count). The van der Waals surface area contributed by atoms with Gasteiger partial charge in [0.15, 0.2) is 5.78 Å². The van der Waals surface area contributed by atoms with Crippen molar-refractivity contribution in [3.8, 4) is 0 Å². The Morgan fingerprint density at radius 2 is 2.31 bits per heavy atom. The van der Waals surface area contributed by atoms with Crippen LogP contribution in [-0.4, -0.2) is 10.8 Å². The Bertz CT molecular complexity index is 325. The molecule has 0 saturated carbocycles. The highest BCUT2D eigenvalue weighted by atomic mass is 16.1. The summed E-state index contributed by atoms with van der Waals surface area (Å²) in [5.74, 6) is -0.0220. The minimum atomic E-state index is -0.0220. The van der Waals surface area contributed by atoms with E-state index in [0.29, 0.717) is 5.56 Å². The molecule has 1 heterocycles. The lowest BCUT2D eigenvalue weighted by Gasteiger charge is -1.91. The summed E-state index contributed by atoms with van der Waals surface area (Å²) in [7, 11) is 0. The third-order valence-corrected chi connectivity index (χ3v) is 1.50. The van der Waals surface area contributed by atoms with Gasteiger partial charge in [-0.25, -0.2) is 0 Å². The van der Waals surface area contributed by atoms with Gasteiger partial charge in [-0.1, -0.05) is 18.2 Å². The van der Waals surface area contributed by atoms with Crippen LogP contribution in [0.1, 0.15) is 17.3 Å². The van der Waals surface area contributed by atoms with Crippen molar-refractivity contribution < 1.29 is 4.79 Å². The molecule has 0 amide bonds. The first-order valence-corrected chi connectivity index (χ1v) is 4.08. The summed E-state index contributed by atoms with van der Waals surface area (Å²) in [4.78, 5) is 15.2. The van der Waals surface area contributed by atoms with Gasteiger partial charge in [-0.2, -0.15) is 0 Å². The normalized spacial score (nSPS) is 11.2. The first kappa shape index (κ1) is 9.39. The summed E-state index contributed by atoms with van der Waals surface area (Å²) in [6.45, 7) is 1.90. The van der Waals surface area contributed by atoms with Crippen LogP contribution in [0.25, 0.3) is 0 Å². The van der Waals surface area contributed by atoms with E-state index >= 15 is 0 Å². The topological polar surface area (TPSA) is 30.0 Å². The predicted molar refractivity (Wildman–Crippen MR) is 52.5 cm³/mol. The van der Waals surface area contributed by atoms with Gasteiger partial charge in [0.1, 0.15) is 0 Å². The molecule has 0 fully saturated rings. The molecule has 0 aromatic carbocycles. The van der Waals surface area contributed by atoms with Gasteiger partial charge in [0.05, 0.1) is 0 Å². The second-order valence-electron chi connectivity index (χ2n) is 2.49. The summed E-state index contributed by atoms with van der Waals surface area (Å²) in [6.07, 6.45) is 10.1. The second-order valence-corrected chi connectivity index (χ2v) is 2.49. The first-order valence-electron chi connectivity index (χ1n) is 4.08. The molecule has 0 saturated heterocycles. The number of allylic oxidation sites excluding steroid dienone is 4. The molecular formula is C11H11NO. The molecule has 0 atom stereocenters. The maximum Gasteiger partial charge on any atom is 0.187 e. The molecule has 0 aliphatic heterocycles. The SMILES string of the molecule is C/C=C/C=C/C(=O)c1cccnc1. The molecule has 0 unspecified atom stereocenters. The lowest BCUT2D eigenvalue weighted by Crippen LogP contribution is -1.93. The monoisotopic (exact) mass is 173 g/mol. The minimum Gasteiger partial charge on any atom is -0.289 e. The second kappa shape index (κ2) is 5.04. The largest absolute Gasteiger partial charge is 0.289 e. The zero-order valence-corrected chi connectivity index (χ0v) is 7.47. The number of aromatic nitrogens is 1. The van der Waals surface area contributed by atoms with Crippen LogP contribution in [0.4, 0.5) is 0 Å². The Labute approximate surface area is 77.6 Å². The molecule has 0 radical (unpaired) electrons. The van der Waals surface area contributed by atoms with Gasteiger partial charge in [0, 0.05) is 18.0 Å². The van der Waals surface area contributed by atoms with E-state index in [4.69, 9.17) is 0 Å². The van der Waals surface area contributed by atoms with Crippen molar-refractivity contribution in [2.75, 3.05) is 0 Å². The van der Waals surface area contributed by atoms with Crippen LogP contribution in [0.5, 0.6) is 0 Å². The quantitative estimate of drug-likeness (QED) is 0.399. The molecule has 1 aromatic rings. The van der Waals surface area contributed by atoms with Crippen LogP contribution in [-0.2, 0) is 0 Å². The van der Waals surface area contributed by atoms with E-state index in [1.165, 1.54) is 6.08 Å². The molecule has 2 nitrogen and oxygen atoms in total. The van der Waals surface area contributed by atoms with Crippen LogP contribution in [0.2, 0.25) is 0 Å². The number of carbonyl (C=O) groups is 1. The fourth-order valence-corrected chi connectivity index (χ4v) is 0.859. The Hall–Kier alpha value is -1.70. The molecule has 0 aliphatic carbocycles. The summed E-state index contributed by atoms with van der Waals surface area (Å²) in [5.41, 5.74) is 0.614. The summed E-state index contributed by atoms with van der Waals surface area (Å²) >= 11 is 0. The average molecular weight is 173 g/mol. The van der Waals surface area contributed by atoms with Gasteiger partial charge in [-0.15, -0.1) is 0 Å². The molecule has 66 valence electrons.